The average Bonchev–Trinajstić information content (AvgIpc) is 2.87. The van der Waals surface area contributed by atoms with Crippen molar-refractivity contribution < 1.29 is 22.8 Å². The molecule has 1 saturated heterocycles. The molecule has 1 aliphatic rings. The van der Waals surface area contributed by atoms with Crippen molar-refractivity contribution in [1.29, 1.82) is 0 Å². The molecule has 0 bridgehead atoms. The zero-order chi connectivity index (χ0) is 25.5. The fraction of sp³-hybridized carbons (Fsp3) is 0.269. The Labute approximate surface area is 210 Å². The highest BCUT2D eigenvalue weighted by atomic mass is 32.2. The first-order valence-corrected chi connectivity index (χ1v) is 13.3. The number of hydroxylamine groups is 1. The molecule has 4 rings (SSSR count). The molecule has 0 aromatic heterocycles. The second-order valence-electron chi connectivity index (χ2n) is 8.84. The van der Waals surface area contributed by atoms with E-state index < -0.39 is 27.5 Å². The molecule has 0 radical (unpaired) electrons. The van der Waals surface area contributed by atoms with Crippen LogP contribution in [0.3, 0.4) is 0 Å². The molecular formula is C26H29FN4O4S. The number of hydrogen-bond donors (Lipinski definition) is 3. The number of halogens is 1. The van der Waals surface area contributed by atoms with Crippen molar-refractivity contribution in [2.45, 2.75) is 18.8 Å². The molecule has 0 unspecified atom stereocenters. The minimum Gasteiger partial charge on any atom is -0.297 e. The van der Waals surface area contributed by atoms with E-state index in [0.717, 1.165) is 50.4 Å². The van der Waals surface area contributed by atoms with Gasteiger partial charge in [0.15, 0.2) is 0 Å². The highest BCUT2D eigenvalue weighted by Gasteiger charge is 2.18. The summed E-state index contributed by atoms with van der Waals surface area (Å²) in [5.74, 6) is -1.49. The van der Waals surface area contributed by atoms with Crippen LogP contribution in [0.2, 0.25) is 0 Å². The monoisotopic (exact) mass is 512 g/mol. The van der Waals surface area contributed by atoms with Crippen LogP contribution >= 0.6 is 0 Å². The number of carbonyl (C=O) groups excluding carboxylic acids is 1. The summed E-state index contributed by atoms with van der Waals surface area (Å²) < 4.78 is 41.2. The zero-order valence-corrected chi connectivity index (χ0v) is 20.5. The third-order valence-corrected chi connectivity index (χ3v) is 7.36. The van der Waals surface area contributed by atoms with Crippen LogP contribution in [-0.2, 0) is 28.9 Å². The Morgan fingerprint density at radius 1 is 0.833 bits per heavy atom. The number of benzene rings is 3. The number of nitrogens with one attached hydrogen (secondary N) is 2. The van der Waals surface area contributed by atoms with Gasteiger partial charge in [-0.25, -0.2) is 18.3 Å². The van der Waals surface area contributed by atoms with E-state index in [1.807, 2.05) is 24.3 Å². The van der Waals surface area contributed by atoms with E-state index in [0.29, 0.717) is 11.3 Å². The van der Waals surface area contributed by atoms with Gasteiger partial charge < -0.3 is 0 Å². The second kappa shape index (κ2) is 11.6. The van der Waals surface area contributed by atoms with Crippen LogP contribution in [0.15, 0.2) is 72.8 Å². The number of nitrogens with zero attached hydrogens (tertiary/aromatic N) is 2. The molecule has 1 fully saturated rings. The Morgan fingerprint density at radius 2 is 1.36 bits per heavy atom. The van der Waals surface area contributed by atoms with Crippen LogP contribution < -0.4 is 10.2 Å². The normalized spacial score (nSPS) is 14.9. The van der Waals surface area contributed by atoms with Gasteiger partial charge in [0, 0.05) is 56.1 Å². The summed E-state index contributed by atoms with van der Waals surface area (Å²) in [5, 5.41) is 8.71. The maximum Gasteiger partial charge on any atom is 0.274 e. The number of anilines is 1. The zero-order valence-electron chi connectivity index (χ0n) is 19.7. The third-order valence-electron chi connectivity index (χ3n) is 6.13. The lowest BCUT2D eigenvalue weighted by atomic mass is 10.1. The van der Waals surface area contributed by atoms with Crippen LogP contribution in [0, 0.1) is 5.82 Å². The van der Waals surface area contributed by atoms with Crippen LogP contribution in [0.4, 0.5) is 10.1 Å². The lowest BCUT2D eigenvalue weighted by Gasteiger charge is -2.34. The summed E-state index contributed by atoms with van der Waals surface area (Å²) in [6, 6.07) is 20.3. The van der Waals surface area contributed by atoms with Crippen LogP contribution in [0.25, 0.3) is 0 Å². The fourth-order valence-corrected chi connectivity index (χ4v) is 5.37. The van der Waals surface area contributed by atoms with E-state index in [1.54, 1.807) is 35.8 Å². The van der Waals surface area contributed by atoms with Crippen molar-refractivity contribution in [3.05, 3.63) is 101 Å². The molecule has 0 saturated carbocycles. The van der Waals surface area contributed by atoms with Gasteiger partial charge in [-0.1, -0.05) is 42.5 Å². The van der Waals surface area contributed by atoms with E-state index in [1.165, 1.54) is 18.2 Å². The summed E-state index contributed by atoms with van der Waals surface area (Å²) in [6.45, 7) is 5.18. The molecule has 10 heteroatoms. The van der Waals surface area contributed by atoms with Gasteiger partial charge in [0.1, 0.15) is 5.82 Å². The van der Waals surface area contributed by atoms with Crippen LogP contribution in [0.1, 0.15) is 27.0 Å². The van der Waals surface area contributed by atoms with Gasteiger partial charge >= 0.3 is 0 Å². The van der Waals surface area contributed by atoms with Crippen LogP contribution in [-0.4, -0.2) is 55.5 Å². The molecular weight excluding hydrogens is 483 g/mol. The molecule has 1 heterocycles. The quantitative estimate of drug-likeness (QED) is 0.301. The number of sulfonamides is 1. The van der Waals surface area contributed by atoms with Crippen molar-refractivity contribution in [2.75, 3.05) is 30.9 Å². The minimum absolute atomic E-state index is 0.131. The average molecular weight is 513 g/mol. The maximum atomic E-state index is 13.8. The number of carbonyl (C=O) groups is 1. The second-order valence-corrected chi connectivity index (χ2v) is 10.6. The van der Waals surface area contributed by atoms with Crippen molar-refractivity contribution in [2.24, 2.45) is 0 Å². The molecule has 3 aromatic rings. The molecule has 3 aromatic carbocycles. The molecule has 0 aliphatic carbocycles. The summed E-state index contributed by atoms with van der Waals surface area (Å²) in [7, 11) is -3.73. The molecule has 1 aliphatic heterocycles. The topological polar surface area (TPSA) is 102 Å². The maximum absolute atomic E-state index is 13.8. The van der Waals surface area contributed by atoms with Gasteiger partial charge in [-0.2, -0.15) is 0 Å². The highest BCUT2D eigenvalue weighted by Crippen LogP contribution is 2.18. The Hall–Kier alpha value is -3.31. The molecule has 0 atom stereocenters. The van der Waals surface area contributed by atoms with E-state index in [-0.39, 0.29) is 5.56 Å². The number of hydrogen-bond acceptors (Lipinski definition) is 6. The van der Waals surface area contributed by atoms with Crippen molar-refractivity contribution in [1.82, 2.24) is 15.3 Å². The molecule has 0 spiro atoms. The van der Waals surface area contributed by atoms with Crippen molar-refractivity contribution >= 4 is 21.6 Å². The summed E-state index contributed by atoms with van der Waals surface area (Å²) in [5.41, 5.74) is 4.81. The summed E-state index contributed by atoms with van der Waals surface area (Å²) >= 11 is 0. The van der Waals surface area contributed by atoms with E-state index >= 15 is 0 Å². The number of rotatable bonds is 9. The first kappa shape index (κ1) is 25.8. The van der Waals surface area contributed by atoms with Crippen LogP contribution in [0.5, 0.6) is 0 Å². The smallest absolute Gasteiger partial charge is 0.274 e. The van der Waals surface area contributed by atoms with Gasteiger partial charge in [0.05, 0.1) is 5.75 Å². The lowest BCUT2D eigenvalue weighted by Crippen LogP contribution is -2.45. The van der Waals surface area contributed by atoms with E-state index in [2.05, 4.69) is 14.5 Å². The predicted molar refractivity (Wildman–Crippen MR) is 135 cm³/mol. The molecule has 8 nitrogen and oxygen atoms in total. The van der Waals surface area contributed by atoms with Gasteiger partial charge in [0.25, 0.3) is 5.91 Å². The van der Waals surface area contributed by atoms with Gasteiger partial charge in [-0.15, -0.1) is 0 Å². The number of amides is 1. The minimum atomic E-state index is -3.73. The van der Waals surface area contributed by atoms with Gasteiger partial charge in [-0.3, -0.25) is 24.5 Å². The Bertz CT molecular complexity index is 1280. The van der Waals surface area contributed by atoms with Crippen molar-refractivity contribution in [3.8, 4) is 0 Å². The largest absolute Gasteiger partial charge is 0.297 e. The Balaban J connectivity index is 1.24. The molecule has 36 heavy (non-hydrogen) atoms. The summed E-state index contributed by atoms with van der Waals surface area (Å²) in [6.07, 6.45) is 0. The lowest BCUT2D eigenvalue weighted by molar-refractivity contribution is 0.0706. The predicted octanol–water partition coefficient (Wildman–Crippen LogP) is 3.20. The van der Waals surface area contributed by atoms with Gasteiger partial charge in [-0.05, 0) is 41.5 Å². The summed E-state index contributed by atoms with van der Waals surface area (Å²) in [4.78, 5) is 16.1. The first-order valence-electron chi connectivity index (χ1n) is 11.6. The number of piperazine rings is 1. The van der Waals surface area contributed by atoms with Crippen molar-refractivity contribution in [3.63, 3.8) is 0 Å². The Morgan fingerprint density at radius 3 is 1.89 bits per heavy atom. The highest BCUT2D eigenvalue weighted by molar-refractivity contribution is 7.91. The standard InChI is InChI=1S/C26H29FN4O4S/c27-25-4-2-1-3-23(25)19-36(34,35)29-24-11-7-21(8-12-24)18-31-15-13-30(14-16-31)17-20-5-9-22(10-6-20)26(32)28-33/h1-12,29,33H,13-19H2,(H,28,32). The van der Waals surface area contributed by atoms with E-state index in [4.69, 9.17) is 5.21 Å². The first-order chi connectivity index (χ1) is 17.3. The third kappa shape index (κ3) is 7.11. The van der Waals surface area contributed by atoms with Gasteiger partial charge in [0.2, 0.25) is 10.0 Å². The SMILES string of the molecule is O=C(NO)c1ccc(CN2CCN(Cc3ccc(NS(=O)(=O)Cc4ccccc4F)cc3)CC2)cc1. The fourth-order valence-electron chi connectivity index (χ4n) is 4.16. The molecule has 3 N–H and O–H groups in total. The molecule has 1 amide bonds. The Kier molecular flexibility index (Phi) is 8.32. The molecule has 190 valence electrons. The van der Waals surface area contributed by atoms with E-state index in [9.17, 15) is 17.6 Å².